The molecule has 26 heavy (non-hydrogen) atoms. The van der Waals surface area contributed by atoms with Crippen LogP contribution in [0.15, 0.2) is 42.0 Å². The number of carbonyl (C=O) groups is 1. The average Bonchev–Trinajstić information content (AvgIpc) is 3.00. The van der Waals surface area contributed by atoms with E-state index in [2.05, 4.69) is 37.3 Å². The van der Waals surface area contributed by atoms with Gasteiger partial charge in [0.15, 0.2) is 0 Å². The van der Waals surface area contributed by atoms with Crippen LogP contribution >= 0.6 is 0 Å². The van der Waals surface area contributed by atoms with Crippen molar-refractivity contribution >= 4 is 18.1 Å². The molecule has 0 aromatic heterocycles. The van der Waals surface area contributed by atoms with Gasteiger partial charge in [-0.05, 0) is 61.4 Å². The maximum absolute atomic E-state index is 11.2. The summed E-state index contributed by atoms with van der Waals surface area (Å²) in [6.07, 6.45) is 14.0. The fourth-order valence-corrected chi connectivity index (χ4v) is 3.32. The van der Waals surface area contributed by atoms with Crippen molar-refractivity contribution < 1.29 is 14.7 Å². The number of hydroxylamine groups is 1. The number of carbonyl (C=O) groups excluding carboxylic acids is 1. The molecule has 0 spiro atoms. The van der Waals surface area contributed by atoms with Crippen molar-refractivity contribution in [1.82, 2.24) is 5.48 Å². The van der Waals surface area contributed by atoms with Crippen LogP contribution in [0.5, 0.6) is 0 Å². The number of hydrogen-bond donors (Lipinski definition) is 2. The zero-order chi connectivity index (χ0) is 18.8. The lowest BCUT2D eigenvalue weighted by Gasteiger charge is -2.17. The minimum Gasteiger partial charge on any atom is -0.382 e. The number of hydrogen-bond acceptors (Lipinski definition) is 3. The van der Waals surface area contributed by atoms with Crippen LogP contribution in [0.3, 0.4) is 0 Å². The maximum atomic E-state index is 11.2. The highest BCUT2D eigenvalue weighted by molar-refractivity contribution is 5.91. The molecule has 1 aliphatic carbocycles. The number of ether oxygens (including phenoxy) is 1. The van der Waals surface area contributed by atoms with Crippen LogP contribution in [0.1, 0.15) is 62.1 Å². The highest BCUT2D eigenvalue weighted by Crippen LogP contribution is 2.41. The van der Waals surface area contributed by atoms with Crippen LogP contribution in [0.25, 0.3) is 12.2 Å². The third-order valence-electron chi connectivity index (χ3n) is 4.57. The Kier molecular flexibility index (Phi) is 8.32. The van der Waals surface area contributed by atoms with E-state index in [1.165, 1.54) is 22.8 Å². The molecule has 0 aliphatic heterocycles. The Bertz CT molecular complexity index is 689. The molecular weight excluding hydrogens is 326 g/mol. The number of fused-ring (bicyclic) bond motifs is 1. The summed E-state index contributed by atoms with van der Waals surface area (Å²) in [7, 11) is 0. The van der Waals surface area contributed by atoms with Gasteiger partial charge in [-0.25, -0.2) is 5.48 Å². The molecule has 1 aliphatic rings. The first-order chi connectivity index (χ1) is 12.7. The number of benzene rings is 1. The lowest BCUT2D eigenvalue weighted by Crippen LogP contribution is -2.14. The fraction of sp³-hybridized carbons (Fsp3) is 0.409. The fourth-order valence-electron chi connectivity index (χ4n) is 3.32. The molecule has 1 unspecified atom stereocenters. The Labute approximate surface area is 156 Å². The van der Waals surface area contributed by atoms with Crippen LogP contribution in [0, 0.1) is 0 Å². The monoisotopic (exact) mass is 355 g/mol. The van der Waals surface area contributed by atoms with E-state index in [0.717, 1.165) is 44.5 Å². The zero-order valence-corrected chi connectivity index (χ0v) is 15.7. The van der Waals surface area contributed by atoms with Gasteiger partial charge in [0.05, 0.1) is 0 Å². The molecule has 0 fully saturated rings. The van der Waals surface area contributed by atoms with E-state index >= 15 is 0 Å². The second-order valence-electron chi connectivity index (χ2n) is 6.37. The van der Waals surface area contributed by atoms with Crippen molar-refractivity contribution in [1.29, 1.82) is 0 Å². The van der Waals surface area contributed by atoms with E-state index in [0.29, 0.717) is 5.92 Å². The summed E-state index contributed by atoms with van der Waals surface area (Å²) in [5, 5.41) is 8.58. The minimum atomic E-state index is -0.529. The van der Waals surface area contributed by atoms with Gasteiger partial charge >= 0.3 is 0 Å². The summed E-state index contributed by atoms with van der Waals surface area (Å²) in [6, 6.07) is 6.26. The van der Waals surface area contributed by atoms with Gasteiger partial charge in [0.1, 0.15) is 0 Å². The van der Waals surface area contributed by atoms with Crippen LogP contribution in [-0.4, -0.2) is 24.3 Å². The first kappa shape index (κ1) is 20.1. The predicted octanol–water partition coefficient (Wildman–Crippen LogP) is 4.86. The van der Waals surface area contributed by atoms with Crippen molar-refractivity contribution in [3.8, 4) is 0 Å². The number of allylic oxidation sites excluding steroid dienone is 3. The molecule has 2 N–H and O–H groups in total. The van der Waals surface area contributed by atoms with Crippen LogP contribution in [0.4, 0.5) is 0 Å². The van der Waals surface area contributed by atoms with E-state index < -0.39 is 5.91 Å². The largest absolute Gasteiger partial charge is 0.382 e. The molecule has 0 radical (unpaired) electrons. The molecule has 1 aromatic rings. The molecule has 0 saturated carbocycles. The molecule has 0 heterocycles. The smallest absolute Gasteiger partial charge is 0.267 e. The van der Waals surface area contributed by atoms with Gasteiger partial charge < -0.3 is 4.74 Å². The quantitative estimate of drug-likeness (QED) is 0.207. The summed E-state index contributed by atoms with van der Waals surface area (Å²) >= 11 is 0. The molecule has 2 rings (SSSR count). The van der Waals surface area contributed by atoms with E-state index in [-0.39, 0.29) is 0 Å². The second kappa shape index (κ2) is 10.7. The molecule has 0 bridgehead atoms. The van der Waals surface area contributed by atoms with Crippen molar-refractivity contribution in [2.45, 2.75) is 45.4 Å². The molecule has 4 nitrogen and oxygen atoms in total. The lowest BCUT2D eigenvalue weighted by atomic mass is 9.90. The first-order valence-corrected chi connectivity index (χ1v) is 9.38. The van der Waals surface area contributed by atoms with E-state index in [4.69, 9.17) is 9.94 Å². The summed E-state index contributed by atoms with van der Waals surface area (Å²) in [5.41, 5.74) is 6.55. The molecule has 0 saturated heterocycles. The van der Waals surface area contributed by atoms with Gasteiger partial charge in [0, 0.05) is 25.2 Å². The maximum Gasteiger partial charge on any atom is 0.267 e. The number of rotatable bonds is 10. The van der Waals surface area contributed by atoms with Gasteiger partial charge in [-0.15, -0.1) is 0 Å². The highest BCUT2D eigenvalue weighted by Gasteiger charge is 2.24. The number of amides is 1. The normalized spacial score (nSPS) is 16.3. The molecule has 140 valence electrons. The average molecular weight is 355 g/mol. The van der Waals surface area contributed by atoms with Gasteiger partial charge in [-0.3, -0.25) is 10.0 Å². The van der Waals surface area contributed by atoms with Crippen LogP contribution in [-0.2, 0) is 9.53 Å². The Hall–Kier alpha value is -2.17. The Morgan fingerprint density at radius 1 is 1.31 bits per heavy atom. The Morgan fingerprint density at radius 3 is 2.88 bits per heavy atom. The molecule has 1 amide bonds. The third kappa shape index (κ3) is 5.68. The van der Waals surface area contributed by atoms with Crippen molar-refractivity contribution in [2.24, 2.45) is 0 Å². The van der Waals surface area contributed by atoms with Crippen molar-refractivity contribution in [3.05, 3.63) is 58.7 Å². The highest BCUT2D eigenvalue weighted by atomic mass is 16.5. The first-order valence-electron chi connectivity index (χ1n) is 9.38. The lowest BCUT2D eigenvalue weighted by molar-refractivity contribution is -0.124. The molecular formula is C22H29NO3. The van der Waals surface area contributed by atoms with Crippen LogP contribution < -0.4 is 5.48 Å². The SMILES string of the molecule is CC/C=C\CCC1=Cc2cc(/C=C/C(=O)NO)ccc2C1CCOCC. The number of nitrogens with one attached hydrogen (secondary N) is 1. The second-order valence-corrected chi connectivity index (χ2v) is 6.37. The van der Waals surface area contributed by atoms with Crippen molar-refractivity contribution in [3.63, 3.8) is 0 Å². The zero-order valence-electron chi connectivity index (χ0n) is 15.7. The Balaban J connectivity index is 2.17. The van der Waals surface area contributed by atoms with E-state index in [1.54, 1.807) is 11.6 Å². The predicted molar refractivity (Wildman–Crippen MR) is 106 cm³/mol. The Morgan fingerprint density at radius 2 is 2.15 bits per heavy atom. The molecule has 4 heteroatoms. The van der Waals surface area contributed by atoms with E-state index in [1.807, 2.05) is 13.0 Å². The van der Waals surface area contributed by atoms with Gasteiger partial charge in [0.2, 0.25) is 0 Å². The van der Waals surface area contributed by atoms with Gasteiger partial charge in [-0.2, -0.15) is 0 Å². The van der Waals surface area contributed by atoms with Gasteiger partial charge in [-0.1, -0.05) is 42.9 Å². The summed E-state index contributed by atoms with van der Waals surface area (Å²) < 4.78 is 5.58. The standard InChI is InChI=1S/C22H29NO3/c1-3-5-6-7-8-18-16-19-15-17(10-12-22(24)23-25)9-11-20(19)21(18)13-14-26-4-2/h5-6,9-12,15-16,21,25H,3-4,7-8,13-14H2,1-2H3,(H,23,24)/b6-5-,12-10+. The molecule has 1 atom stereocenters. The van der Waals surface area contributed by atoms with Crippen molar-refractivity contribution in [2.75, 3.05) is 13.2 Å². The summed E-state index contributed by atoms with van der Waals surface area (Å²) in [5.74, 6) is -0.121. The molecule has 1 aromatic carbocycles. The van der Waals surface area contributed by atoms with Gasteiger partial charge in [0.25, 0.3) is 5.91 Å². The minimum absolute atomic E-state index is 0.408. The summed E-state index contributed by atoms with van der Waals surface area (Å²) in [4.78, 5) is 11.2. The summed E-state index contributed by atoms with van der Waals surface area (Å²) in [6.45, 7) is 5.68. The van der Waals surface area contributed by atoms with E-state index in [9.17, 15) is 4.79 Å². The third-order valence-corrected chi connectivity index (χ3v) is 4.57. The van der Waals surface area contributed by atoms with Crippen LogP contribution in [0.2, 0.25) is 0 Å². The topological polar surface area (TPSA) is 58.6 Å².